The summed E-state index contributed by atoms with van der Waals surface area (Å²) in [5.74, 6) is -0.335. The number of amides is 1. The van der Waals surface area contributed by atoms with Crippen LogP contribution < -0.4 is 4.74 Å². The number of nitrogens with zero attached hydrogens (tertiary/aromatic N) is 1. The first kappa shape index (κ1) is 16.1. The summed E-state index contributed by atoms with van der Waals surface area (Å²) >= 11 is 0. The minimum atomic E-state index is -0.405. The van der Waals surface area contributed by atoms with Crippen molar-refractivity contribution in [1.82, 2.24) is 9.88 Å². The number of carbonyl (C=O) groups is 1. The fraction of sp³-hybridized carbons (Fsp3) is 0.211. The predicted octanol–water partition coefficient (Wildman–Crippen LogP) is 3.77. The Kier molecular flexibility index (Phi) is 4.51. The van der Waals surface area contributed by atoms with Crippen molar-refractivity contribution < 1.29 is 13.9 Å². The molecule has 0 fully saturated rings. The fourth-order valence-corrected chi connectivity index (χ4v) is 2.52. The maximum Gasteiger partial charge on any atom is 0.270 e. The van der Waals surface area contributed by atoms with Crippen molar-refractivity contribution in [2.45, 2.75) is 6.92 Å². The Morgan fingerprint density at radius 3 is 2.79 bits per heavy atom. The molecule has 2 aromatic carbocycles. The van der Waals surface area contributed by atoms with Gasteiger partial charge in [0.25, 0.3) is 5.91 Å². The van der Waals surface area contributed by atoms with Gasteiger partial charge in [-0.1, -0.05) is 24.3 Å². The zero-order chi connectivity index (χ0) is 17.1. The van der Waals surface area contributed by atoms with Crippen LogP contribution in [-0.4, -0.2) is 36.0 Å². The van der Waals surface area contributed by atoms with Crippen molar-refractivity contribution in [3.8, 4) is 5.75 Å². The number of nitrogens with one attached hydrogen (secondary N) is 1. The number of carbonyl (C=O) groups excluding carboxylic acids is 1. The smallest absolute Gasteiger partial charge is 0.270 e. The number of rotatable bonds is 5. The van der Waals surface area contributed by atoms with E-state index in [0.717, 1.165) is 16.5 Å². The van der Waals surface area contributed by atoms with Gasteiger partial charge in [0.05, 0.1) is 6.54 Å². The first-order valence-corrected chi connectivity index (χ1v) is 7.77. The lowest BCUT2D eigenvalue weighted by Crippen LogP contribution is -2.31. The molecule has 24 heavy (non-hydrogen) atoms. The molecule has 3 rings (SSSR count). The minimum Gasteiger partial charge on any atom is -0.489 e. The van der Waals surface area contributed by atoms with Crippen LogP contribution in [-0.2, 0) is 0 Å². The second kappa shape index (κ2) is 6.74. The zero-order valence-electron chi connectivity index (χ0n) is 13.7. The van der Waals surface area contributed by atoms with Crippen LogP contribution in [0.1, 0.15) is 16.1 Å². The van der Waals surface area contributed by atoms with Gasteiger partial charge in [0.1, 0.15) is 12.3 Å². The number of ether oxygens (including phenoxy) is 1. The second-order valence-electron chi connectivity index (χ2n) is 5.78. The first-order chi connectivity index (χ1) is 11.5. The van der Waals surface area contributed by atoms with Gasteiger partial charge in [-0.25, -0.2) is 4.39 Å². The van der Waals surface area contributed by atoms with Crippen LogP contribution in [0.2, 0.25) is 0 Å². The number of aromatic amines is 1. The fourth-order valence-electron chi connectivity index (χ4n) is 2.52. The molecule has 0 unspecified atom stereocenters. The van der Waals surface area contributed by atoms with Gasteiger partial charge in [-0.2, -0.15) is 0 Å². The van der Waals surface area contributed by atoms with E-state index >= 15 is 0 Å². The lowest BCUT2D eigenvalue weighted by atomic mass is 10.2. The molecule has 1 amide bonds. The summed E-state index contributed by atoms with van der Waals surface area (Å²) in [6.45, 7) is 2.60. The molecule has 1 N–H and O–H groups in total. The van der Waals surface area contributed by atoms with E-state index in [-0.39, 0.29) is 18.3 Å². The van der Waals surface area contributed by atoms with Crippen LogP contribution in [0.3, 0.4) is 0 Å². The molecule has 0 saturated carbocycles. The van der Waals surface area contributed by atoms with Crippen molar-refractivity contribution >= 4 is 16.8 Å². The predicted molar refractivity (Wildman–Crippen MR) is 91.9 cm³/mol. The second-order valence-corrected chi connectivity index (χ2v) is 5.78. The molecule has 1 aromatic heterocycles. The highest BCUT2D eigenvalue weighted by atomic mass is 19.1. The summed E-state index contributed by atoms with van der Waals surface area (Å²) in [6, 6.07) is 14.1. The Bertz CT molecular complexity index is 873. The highest BCUT2D eigenvalue weighted by Crippen LogP contribution is 2.18. The van der Waals surface area contributed by atoms with E-state index in [9.17, 15) is 9.18 Å². The quantitative estimate of drug-likeness (QED) is 0.776. The molecule has 5 heteroatoms. The topological polar surface area (TPSA) is 45.3 Å². The van der Waals surface area contributed by atoms with Crippen LogP contribution in [0.5, 0.6) is 5.75 Å². The van der Waals surface area contributed by atoms with Crippen molar-refractivity contribution in [3.05, 3.63) is 65.6 Å². The molecule has 0 bridgehead atoms. The summed E-state index contributed by atoms with van der Waals surface area (Å²) in [4.78, 5) is 17.2. The number of aromatic nitrogens is 1. The van der Waals surface area contributed by atoms with Crippen LogP contribution in [0.4, 0.5) is 4.39 Å². The van der Waals surface area contributed by atoms with E-state index in [0.29, 0.717) is 12.2 Å². The molecule has 0 spiro atoms. The molecular formula is C19H19FN2O2. The number of benzene rings is 2. The number of likely N-dealkylation sites (N-methyl/N-ethyl adjacent to an activating group) is 1. The van der Waals surface area contributed by atoms with Crippen molar-refractivity contribution in [1.29, 1.82) is 0 Å². The van der Waals surface area contributed by atoms with Gasteiger partial charge >= 0.3 is 0 Å². The molecule has 0 aliphatic carbocycles. The number of H-pyrrole nitrogens is 1. The maximum atomic E-state index is 13.5. The summed E-state index contributed by atoms with van der Waals surface area (Å²) in [7, 11) is 1.70. The standard InChI is InChI=1S/C19H19FN2O2/c1-13-7-8-14-12-17(21-16(14)11-13)19(23)22(2)9-10-24-18-6-4-3-5-15(18)20/h3-8,11-12,21H,9-10H2,1-2H3. The maximum absolute atomic E-state index is 13.5. The summed E-state index contributed by atoms with van der Waals surface area (Å²) in [5.41, 5.74) is 2.60. The monoisotopic (exact) mass is 326 g/mol. The molecule has 0 aliphatic heterocycles. The van der Waals surface area contributed by atoms with Crippen LogP contribution >= 0.6 is 0 Å². The SMILES string of the molecule is Cc1ccc2cc(C(=O)N(C)CCOc3ccccc3F)[nH]c2c1. The molecule has 124 valence electrons. The van der Waals surface area contributed by atoms with Gasteiger partial charge in [-0.3, -0.25) is 4.79 Å². The zero-order valence-corrected chi connectivity index (χ0v) is 13.7. The van der Waals surface area contributed by atoms with E-state index in [4.69, 9.17) is 4.74 Å². The number of hydrogen-bond donors (Lipinski definition) is 1. The number of aryl methyl sites for hydroxylation is 1. The minimum absolute atomic E-state index is 0.124. The average molecular weight is 326 g/mol. The van der Waals surface area contributed by atoms with Crippen LogP contribution in [0.15, 0.2) is 48.5 Å². The van der Waals surface area contributed by atoms with Gasteiger partial charge in [0, 0.05) is 18.0 Å². The van der Waals surface area contributed by atoms with Gasteiger partial charge in [0.2, 0.25) is 0 Å². The Labute approximate surface area is 139 Å². The number of hydrogen-bond acceptors (Lipinski definition) is 2. The van der Waals surface area contributed by atoms with E-state index in [1.807, 2.05) is 31.2 Å². The van der Waals surface area contributed by atoms with Gasteiger partial charge in [-0.05, 0) is 36.8 Å². The van der Waals surface area contributed by atoms with Gasteiger partial charge < -0.3 is 14.6 Å². The van der Waals surface area contributed by atoms with Crippen molar-refractivity contribution in [2.24, 2.45) is 0 Å². The van der Waals surface area contributed by atoms with Crippen LogP contribution in [0, 0.1) is 12.7 Å². The van der Waals surface area contributed by atoms with E-state index in [2.05, 4.69) is 4.98 Å². The summed E-state index contributed by atoms with van der Waals surface area (Å²) in [6.07, 6.45) is 0. The van der Waals surface area contributed by atoms with Crippen molar-refractivity contribution in [2.75, 3.05) is 20.2 Å². The largest absolute Gasteiger partial charge is 0.489 e. The molecule has 0 aliphatic rings. The molecule has 3 aromatic rings. The Morgan fingerprint density at radius 2 is 2.00 bits per heavy atom. The third-order valence-electron chi connectivity index (χ3n) is 3.88. The van der Waals surface area contributed by atoms with E-state index < -0.39 is 5.82 Å². The Balaban J connectivity index is 1.62. The third kappa shape index (κ3) is 3.40. The summed E-state index contributed by atoms with van der Waals surface area (Å²) < 4.78 is 18.9. The molecule has 0 saturated heterocycles. The highest BCUT2D eigenvalue weighted by molar-refractivity contribution is 5.98. The van der Waals surface area contributed by atoms with E-state index in [1.54, 1.807) is 30.1 Å². The number of fused-ring (bicyclic) bond motifs is 1. The first-order valence-electron chi connectivity index (χ1n) is 7.77. The molecule has 4 nitrogen and oxygen atoms in total. The Hall–Kier alpha value is -2.82. The molecule has 1 heterocycles. The van der Waals surface area contributed by atoms with Crippen LogP contribution in [0.25, 0.3) is 10.9 Å². The molecule has 0 radical (unpaired) electrons. The molecular weight excluding hydrogens is 307 g/mol. The average Bonchev–Trinajstić information content (AvgIpc) is 2.98. The highest BCUT2D eigenvalue weighted by Gasteiger charge is 2.14. The third-order valence-corrected chi connectivity index (χ3v) is 3.88. The van der Waals surface area contributed by atoms with Gasteiger partial charge in [-0.15, -0.1) is 0 Å². The lowest BCUT2D eigenvalue weighted by molar-refractivity contribution is 0.0768. The lowest BCUT2D eigenvalue weighted by Gasteiger charge is -2.16. The summed E-state index contributed by atoms with van der Waals surface area (Å²) in [5, 5.41) is 1.000. The van der Waals surface area contributed by atoms with E-state index in [1.165, 1.54) is 6.07 Å². The normalized spacial score (nSPS) is 10.8. The number of halogens is 1. The van der Waals surface area contributed by atoms with Gasteiger partial charge in [0.15, 0.2) is 11.6 Å². The molecule has 0 atom stereocenters. The number of para-hydroxylation sites is 1. The van der Waals surface area contributed by atoms with Crippen molar-refractivity contribution in [3.63, 3.8) is 0 Å². The Morgan fingerprint density at radius 1 is 1.21 bits per heavy atom.